The lowest BCUT2D eigenvalue weighted by Gasteiger charge is -2.41. The van der Waals surface area contributed by atoms with Crippen LogP contribution in [-0.2, 0) is 16.6 Å². The van der Waals surface area contributed by atoms with Crippen molar-refractivity contribution in [2.24, 2.45) is 0 Å². The predicted octanol–water partition coefficient (Wildman–Crippen LogP) is 2.02. The molecule has 2 aromatic rings. The van der Waals surface area contributed by atoms with Gasteiger partial charge in [-0.1, -0.05) is 23.2 Å². The van der Waals surface area contributed by atoms with E-state index in [0.717, 1.165) is 11.4 Å². The van der Waals surface area contributed by atoms with Gasteiger partial charge < -0.3 is 4.74 Å². The first kappa shape index (κ1) is 11.9. The molecule has 18 heavy (non-hydrogen) atoms. The average Bonchev–Trinajstić information content (AvgIpc) is 2.74. The molecule has 1 aliphatic heterocycles. The molecule has 7 heteroatoms. The van der Waals surface area contributed by atoms with Gasteiger partial charge in [0.1, 0.15) is 22.5 Å². The molecule has 3 rings (SSSR count). The Kier molecular flexibility index (Phi) is 2.97. The topological polar surface area (TPSA) is 63.7 Å². The molecule has 0 aliphatic carbocycles. The minimum absolute atomic E-state index is 0.143. The zero-order valence-electron chi connectivity index (χ0n) is 9.36. The van der Waals surface area contributed by atoms with Crippen LogP contribution in [0.25, 0.3) is 0 Å². The summed E-state index contributed by atoms with van der Waals surface area (Å²) < 4.78 is 5.35. The normalized spacial score (nSPS) is 17.4. The molecule has 0 bridgehead atoms. The summed E-state index contributed by atoms with van der Waals surface area (Å²) in [6.07, 6.45) is 2.21. The number of nitrogens with one attached hydrogen (secondary N) is 1. The Labute approximate surface area is 113 Å². The third kappa shape index (κ3) is 2.09. The van der Waals surface area contributed by atoms with E-state index >= 15 is 0 Å². The molecule has 3 heterocycles. The molecule has 0 saturated carbocycles. The summed E-state index contributed by atoms with van der Waals surface area (Å²) in [6.45, 7) is 1.23. The number of aromatic amines is 1. The van der Waals surface area contributed by atoms with Crippen LogP contribution in [0.2, 0.25) is 10.3 Å². The molecule has 1 aliphatic rings. The van der Waals surface area contributed by atoms with Crippen molar-refractivity contribution in [3.63, 3.8) is 0 Å². The highest BCUT2D eigenvalue weighted by atomic mass is 35.5. The maximum atomic E-state index is 5.95. The van der Waals surface area contributed by atoms with E-state index in [0.29, 0.717) is 29.9 Å². The molecule has 1 N–H and O–H groups in total. The number of hydrogen-bond donors (Lipinski definition) is 1. The highest BCUT2D eigenvalue weighted by molar-refractivity contribution is 6.32. The molecule has 0 atom stereocenters. The Morgan fingerprint density at radius 3 is 2.50 bits per heavy atom. The number of rotatable bonds is 3. The number of aromatic nitrogens is 4. The molecule has 0 spiro atoms. The SMILES string of the molecule is Clc1cc(C2(Cc3ncn[nH]3)COC2)cc(Cl)n1. The summed E-state index contributed by atoms with van der Waals surface area (Å²) in [4.78, 5) is 8.11. The average molecular weight is 285 g/mol. The van der Waals surface area contributed by atoms with Gasteiger partial charge in [-0.05, 0) is 17.7 Å². The molecule has 0 unspecified atom stereocenters. The lowest BCUT2D eigenvalue weighted by atomic mass is 9.76. The number of ether oxygens (including phenoxy) is 1. The van der Waals surface area contributed by atoms with Gasteiger partial charge >= 0.3 is 0 Å². The first-order chi connectivity index (χ1) is 8.68. The van der Waals surface area contributed by atoms with Crippen LogP contribution in [0.4, 0.5) is 0 Å². The molecule has 0 aromatic carbocycles. The Balaban J connectivity index is 1.95. The van der Waals surface area contributed by atoms with E-state index in [2.05, 4.69) is 20.2 Å². The first-order valence-corrected chi connectivity index (χ1v) is 6.19. The maximum Gasteiger partial charge on any atom is 0.137 e. The van der Waals surface area contributed by atoms with Crippen LogP contribution in [0.3, 0.4) is 0 Å². The van der Waals surface area contributed by atoms with Crippen molar-refractivity contribution in [1.82, 2.24) is 20.2 Å². The highest BCUT2D eigenvalue weighted by Gasteiger charge is 2.41. The third-order valence-electron chi connectivity index (χ3n) is 3.10. The van der Waals surface area contributed by atoms with Crippen LogP contribution >= 0.6 is 23.2 Å². The third-order valence-corrected chi connectivity index (χ3v) is 3.49. The number of hydrogen-bond acceptors (Lipinski definition) is 4. The lowest BCUT2D eigenvalue weighted by Crippen LogP contribution is -2.48. The molecule has 5 nitrogen and oxygen atoms in total. The van der Waals surface area contributed by atoms with E-state index < -0.39 is 0 Å². The molecule has 1 saturated heterocycles. The fourth-order valence-electron chi connectivity index (χ4n) is 2.13. The van der Waals surface area contributed by atoms with E-state index in [-0.39, 0.29) is 5.41 Å². The second-order valence-electron chi connectivity index (χ2n) is 4.38. The minimum atomic E-state index is -0.143. The van der Waals surface area contributed by atoms with E-state index in [9.17, 15) is 0 Å². The summed E-state index contributed by atoms with van der Waals surface area (Å²) >= 11 is 11.9. The van der Waals surface area contributed by atoms with E-state index in [4.69, 9.17) is 27.9 Å². The van der Waals surface area contributed by atoms with Gasteiger partial charge in [-0.15, -0.1) is 0 Å². The van der Waals surface area contributed by atoms with Gasteiger partial charge in [0.2, 0.25) is 0 Å². The minimum Gasteiger partial charge on any atom is -0.379 e. The lowest BCUT2D eigenvalue weighted by molar-refractivity contribution is -0.0608. The van der Waals surface area contributed by atoms with Gasteiger partial charge in [0.15, 0.2) is 0 Å². The van der Waals surface area contributed by atoms with E-state index in [1.54, 1.807) is 0 Å². The van der Waals surface area contributed by atoms with Gasteiger partial charge in [0.05, 0.1) is 13.2 Å². The summed E-state index contributed by atoms with van der Waals surface area (Å²) in [5, 5.41) is 7.49. The molecule has 94 valence electrons. The molecular weight excluding hydrogens is 275 g/mol. The number of H-pyrrole nitrogens is 1. The maximum absolute atomic E-state index is 5.95. The fraction of sp³-hybridized carbons (Fsp3) is 0.364. The summed E-state index contributed by atoms with van der Waals surface area (Å²) in [7, 11) is 0. The Bertz CT molecular complexity index is 534. The second kappa shape index (κ2) is 4.50. The molecule has 0 amide bonds. The predicted molar refractivity (Wildman–Crippen MR) is 66.8 cm³/mol. The van der Waals surface area contributed by atoms with Gasteiger partial charge in [0, 0.05) is 11.8 Å². The quantitative estimate of drug-likeness (QED) is 0.876. The smallest absolute Gasteiger partial charge is 0.137 e. The van der Waals surface area contributed by atoms with Gasteiger partial charge in [-0.2, -0.15) is 5.10 Å². The largest absolute Gasteiger partial charge is 0.379 e. The van der Waals surface area contributed by atoms with Crippen LogP contribution < -0.4 is 0 Å². The summed E-state index contributed by atoms with van der Waals surface area (Å²) in [5.41, 5.74) is 0.880. The van der Waals surface area contributed by atoms with Crippen molar-refractivity contribution in [3.05, 3.63) is 40.2 Å². The number of pyridine rings is 1. The first-order valence-electron chi connectivity index (χ1n) is 5.44. The second-order valence-corrected chi connectivity index (χ2v) is 5.16. The van der Waals surface area contributed by atoms with Gasteiger partial charge in [-0.3, -0.25) is 5.10 Å². The zero-order chi connectivity index (χ0) is 12.6. The van der Waals surface area contributed by atoms with Crippen LogP contribution in [0.15, 0.2) is 18.5 Å². The van der Waals surface area contributed by atoms with Crippen molar-refractivity contribution in [3.8, 4) is 0 Å². The number of halogens is 2. The number of nitrogens with zero attached hydrogens (tertiary/aromatic N) is 3. The van der Waals surface area contributed by atoms with Crippen molar-refractivity contribution < 1.29 is 4.74 Å². The van der Waals surface area contributed by atoms with Crippen molar-refractivity contribution >= 4 is 23.2 Å². The Hall–Kier alpha value is -1.17. The summed E-state index contributed by atoms with van der Waals surface area (Å²) in [5.74, 6) is 0.822. The molecule has 1 fully saturated rings. The van der Waals surface area contributed by atoms with Crippen molar-refractivity contribution in [1.29, 1.82) is 0 Å². The molecule has 2 aromatic heterocycles. The standard InChI is InChI=1S/C11H10Cl2N4O/c12-8-1-7(2-9(13)16-8)11(4-18-5-11)3-10-14-6-15-17-10/h1-2,6H,3-5H2,(H,14,15,17). The van der Waals surface area contributed by atoms with E-state index in [1.165, 1.54) is 6.33 Å². The molecular formula is C11H10Cl2N4O. The Morgan fingerprint density at radius 2 is 2.00 bits per heavy atom. The van der Waals surface area contributed by atoms with Crippen molar-refractivity contribution in [2.45, 2.75) is 11.8 Å². The van der Waals surface area contributed by atoms with Crippen LogP contribution in [0.1, 0.15) is 11.4 Å². The molecule has 0 radical (unpaired) electrons. The fourth-order valence-corrected chi connectivity index (χ4v) is 2.59. The van der Waals surface area contributed by atoms with Crippen LogP contribution in [0.5, 0.6) is 0 Å². The monoisotopic (exact) mass is 284 g/mol. The van der Waals surface area contributed by atoms with Gasteiger partial charge in [0.25, 0.3) is 0 Å². The van der Waals surface area contributed by atoms with Crippen molar-refractivity contribution in [2.75, 3.05) is 13.2 Å². The van der Waals surface area contributed by atoms with Gasteiger partial charge in [-0.25, -0.2) is 9.97 Å². The highest BCUT2D eigenvalue weighted by Crippen LogP contribution is 2.36. The van der Waals surface area contributed by atoms with Crippen LogP contribution in [-0.4, -0.2) is 33.4 Å². The van der Waals surface area contributed by atoms with Crippen LogP contribution in [0, 0.1) is 0 Å². The Morgan fingerprint density at radius 1 is 1.28 bits per heavy atom. The van der Waals surface area contributed by atoms with E-state index in [1.807, 2.05) is 12.1 Å². The summed E-state index contributed by atoms with van der Waals surface area (Å²) in [6, 6.07) is 3.65. The zero-order valence-corrected chi connectivity index (χ0v) is 10.9.